The second kappa shape index (κ2) is 8.03. The first-order valence-corrected chi connectivity index (χ1v) is 5.39. The first kappa shape index (κ1) is 12.4. The molecule has 0 unspecified atom stereocenters. The maximum Gasteiger partial charge on any atom is 0.122 e. The van der Waals surface area contributed by atoms with E-state index in [2.05, 4.69) is 6.92 Å². The first-order chi connectivity index (χ1) is 6.34. The molecule has 0 N–H and O–H groups in total. The van der Waals surface area contributed by atoms with Gasteiger partial charge in [0.1, 0.15) is 5.83 Å². The Kier molecular flexibility index (Phi) is 7.66. The minimum absolute atomic E-state index is 0.0182. The number of unbranched alkanes of at least 4 members (excludes halogenated alkanes) is 1. The van der Waals surface area contributed by atoms with Crippen LogP contribution in [0.5, 0.6) is 0 Å². The molecule has 0 bridgehead atoms. The molecule has 76 valence electrons. The second-order valence-electron chi connectivity index (χ2n) is 2.96. The lowest BCUT2D eigenvalue weighted by Crippen LogP contribution is -1.90. The average molecular weight is 184 g/mol. The molecule has 0 heterocycles. The quantitative estimate of drug-likeness (QED) is 0.592. The van der Waals surface area contributed by atoms with E-state index in [1.807, 2.05) is 19.9 Å². The van der Waals surface area contributed by atoms with Crippen LogP contribution >= 0.6 is 0 Å². The molecular formula is C12H21F. The highest BCUT2D eigenvalue weighted by atomic mass is 19.1. The maximum atomic E-state index is 13.0. The lowest BCUT2D eigenvalue weighted by Gasteiger charge is -2.08. The Bertz CT molecular complexity index is 178. The van der Waals surface area contributed by atoms with Crippen LogP contribution in [0.1, 0.15) is 52.9 Å². The van der Waals surface area contributed by atoms with Crippen molar-refractivity contribution in [2.24, 2.45) is 0 Å². The van der Waals surface area contributed by atoms with Gasteiger partial charge in [0.25, 0.3) is 0 Å². The Labute approximate surface area is 81.5 Å². The van der Waals surface area contributed by atoms with E-state index < -0.39 is 0 Å². The minimum Gasteiger partial charge on any atom is -0.207 e. The molecule has 0 aromatic rings. The zero-order valence-electron chi connectivity index (χ0n) is 9.07. The van der Waals surface area contributed by atoms with E-state index in [0.717, 1.165) is 37.7 Å². The zero-order valence-corrected chi connectivity index (χ0v) is 9.07. The molecule has 0 saturated heterocycles. The normalized spacial score (nSPS) is 15.4. The highest BCUT2D eigenvalue weighted by Crippen LogP contribution is 2.23. The van der Waals surface area contributed by atoms with Crippen molar-refractivity contribution >= 4 is 0 Å². The summed E-state index contributed by atoms with van der Waals surface area (Å²) >= 11 is 0. The number of hydrogen-bond donors (Lipinski definition) is 0. The molecule has 0 radical (unpaired) electrons. The zero-order chi connectivity index (χ0) is 10.1. The predicted octanol–water partition coefficient (Wildman–Crippen LogP) is 4.78. The molecule has 1 heteroatoms. The largest absolute Gasteiger partial charge is 0.207 e. The van der Waals surface area contributed by atoms with E-state index in [0.29, 0.717) is 0 Å². The number of rotatable bonds is 3. The van der Waals surface area contributed by atoms with E-state index >= 15 is 0 Å². The van der Waals surface area contributed by atoms with Gasteiger partial charge in [0.15, 0.2) is 0 Å². The van der Waals surface area contributed by atoms with Crippen molar-refractivity contribution in [2.75, 3.05) is 0 Å². The third-order valence-electron chi connectivity index (χ3n) is 1.99. The summed E-state index contributed by atoms with van der Waals surface area (Å²) in [5.41, 5.74) is 0.929. The molecule has 13 heavy (non-hydrogen) atoms. The van der Waals surface area contributed by atoms with Crippen LogP contribution in [-0.2, 0) is 0 Å². The molecule has 0 spiro atoms. The molecular weight excluding hydrogens is 163 g/mol. The van der Waals surface area contributed by atoms with Gasteiger partial charge in [0.05, 0.1) is 0 Å². The lowest BCUT2D eigenvalue weighted by molar-refractivity contribution is 0.613. The van der Waals surface area contributed by atoms with Crippen molar-refractivity contribution in [2.45, 2.75) is 52.9 Å². The molecule has 0 amide bonds. The van der Waals surface area contributed by atoms with Crippen LogP contribution in [0.25, 0.3) is 0 Å². The van der Waals surface area contributed by atoms with Gasteiger partial charge in [0.2, 0.25) is 0 Å². The van der Waals surface area contributed by atoms with E-state index in [-0.39, 0.29) is 5.83 Å². The fourth-order valence-electron chi connectivity index (χ4n) is 1.28. The highest BCUT2D eigenvalue weighted by Gasteiger charge is 2.06. The Hall–Kier alpha value is -0.590. The van der Waals surface area contributed by atoms with Crippen LogP contribution in [-0.4, -0.2) is 0 Å². The first-order valence-electron chi connectivity index (χ1n) is 5.39. The molecule has 0 aromatic carbocycles. The van der Waals surface area contributed by atoms with Crippen molar-refractivity contribution in [3.8, 4) is 0 Å². The Morgan fingerprint density at radius 2 is 1.85 bits per heavy atom. The van der Waals surface area contributed by atoms with Crippen molar-refractivity contribution in [1.82, 2.24) is 0 Å². The summed E-state index contributed by atoms with van der Waals surface area (Å²) in [5.74, 6) is 0.0182. The van der Waals surface area contributed by atoms with Crippen LogP contribution in [0.4, 0.5) is 4.39 Å². The third kappa shape index (κ3) is 4.87. The number of halogens is 1. The van der Waals surface area contributed by atoms with Crippen molar-refractivity contribution in [3.63, 3.8) is 0 Å². The Morgan fingerprint density at radius 1 is 1.23 bits per heavy atom. The predicted molar refractivity (Wildman–Crippen MR) is 57.4 cm³/mol. The number of hydrogen-bond acceptors (Lipinski definition) is 0. The van der Waals surface area contributed by atoms with Gasteiger partial charge in [-0.05, 0) is 37.3 Å². The summed E-state index contributed by atoms with van der Waals surface area (Å²) in [7, 11) is 0. The molecule has 0 saturated carbocycles. The summed E-state index contributed by atoms with van der Waals surface area (Å²) < 4.78 is 13.0. The summed E-state index contributed by atoms with van der Waals surface area (Å²) in [4.78, 5) is 0. The standard InChI is InChI=1S/C10H15F.C2H6/c1-2-3-6-9-7-4-5-8-10(9)11;1-2/h7-8H,2-6H2,1H3;1-2H3. The summed E-state index contributed by atoms with van der Waals surface area (Å²) in [6, 6.07) is 0. The average Bonchev–Trinajstić information content (AvgIpc) is 2.20. The van der Waals surface area contributed by atoms with E-state index in [9.17, 15) is 4.39 Å². The van der Waals surface area contributed by atoms with Crippen molar-refractivity contribution < 1.29 is 4.39 Å². The molecule has 1 rings (SSSR count). The van der Waals surface area contributed by atoms with Gasteiger partial charge in [-0.3, -0.25) is 0 Å². The molecule has 0 atom stereocenters. The van der Waals surface area contributed by atoms with Gasteiger partial charge in [-0.15, -0.1) is 0 Å². The van der Waals surface area contributed by atoms with Crippen LogP contribution < -0.4 is 0 Å². The molecule has 0 aliphatic heterocycles. The lowest BCUT2D eigenvalue weighted by atomic mass is 10.0. The van der Waals surface area contributed by atoms with Crippen LogP contribution in [0.2, 0.25) is 0 Å². The monoisotopic (exact) mass is 184 g/mol. The molecule has 0 fully saturated rings. The Balaban J connectivity index is 0.000000671. The fourth-order valence-corrected chi connectivity index (χ4v) is 1.28. The summed E-state index contributed by atoms with van der Waals surface area (Å²) in [5, 5.41) is 0. The summed E-state index contributed by atoms with van der Waals surface area (Å²) in [6.07, 6.45) is 8.79. The summed E-state index contributed by atoms with van der Waals surface area (Å²) in [6.45, 7) is 6.13. The van der Waals surface area contributed by atoms with E-state index in [1.54, 1.807) is 6.08 Å². The second-order valence-corrected chi connectivity index (χ2v) is 2.96. The number of allylic oxidation sites excluding steroid dienone is 4. The molecule has 0 aromatic heterocycles. The topological polar surface area (TPSA) is 0 Å². The van der Waals surface area contributed by atoms with Crippen LogP contribution in [0.15, 0.2) is 23.6 Å². The van der Waals surface area contributed by atoms with Gasteiger partial charge in [0, 0.05) is 0 Å². The fraction of sp³-hybridized carbons (Fsp3) is 0.667. The minimum atomic E-state index is 0.0182. The highest BCUT2D eigenvalue weighted by molar-refractivity contribution is 5.27. The maximum absolute atomic E-state index is 13.0. The van der Waals surface area contributed by atoms with Crippen LogP contribution in [0.3, 0.4) is 0 Å². The molecule has 1 aliphatic carbocycles. The van der Waals surface area contributed by atoms with Gasteiger partial charge in [-0.2, -0.15) is 0 Å². The molecule has 1 aliphatic rings. The van der Waals surface area contributed by atoms with Gasteiger partial charge in [-0.1, -0.05) is 33.3 Å². The SMILES string of the molecule is CC.CCCCC1=CCCC=C1F. The smallest absolute Gasteiger partial charge is 0.122 e. The van der Waals surface area contributed by atoms with Crippen LogP contribution in [0, 0.1) is 0 Å². The van der Waals surface area contributed by atoms with Crippen molar-refractivity contribution in [3.05, 3.63) is 23.6 Å². The molecule has 0 nitrogen and oxygen atoms in total. The third-order valence-corrected chi connectivity index (χ3v) is 1.99. The van der Waals surface area contributed by atoms with E-state index in [1.165, 1.54) is 0 Å². The van der Waals surface area contributed by atoms with Gasteiger partial charge in [-0.25, -0.2) is 4.39 Å². The van der Waals surface area contributed by atoms with Crippen molar-refractivity contribution in [1.29, 1.82) is 0 Å². The van der Waals surface area contributed by atoms with Gasteiger partial charge >= 0.3 is 0 Å². The van der Waals surface area contributed by atoms with E-state index in [4.69, 9.17) is 0 Å². The Morgan fingerprint density at radius 3 is 2.38 bits per heavy atom. The van der Waals surface area contributed by atoms with Gasteiger partial charge < -0.3 is 0 Å².